The predicted molar refractivity (Wildman–Crippen MR) is 47.0 cm³/mol. The highest BCUT2D eigenvalue weighted by atomic mass is 19.3. The number of halogens is 2. The van der Waals surface area contributed by atoms with Crippen LogP contribution in [-0.2, 0) is 12.3 Å². The number of benzene rings is 1. The van der Waals surface area contributed by atoms with Gasteiger partial charge < -0.3 is 10.2 Å². The quantitative estimate of drug-likeness (QED) is 0.742. The summed E-state index contributed by atoms with van der Waals surface area (Å²) < 4.78 is 26.5. The molecule has 1 aromatic carbocycles. The number of hydrogen-bond acceptors (Lipinski definition) is 2. The van der Waals surface area contributed by atoms with Gasteiger partial charge in [0.1, 0.15) is 6.10 Å². The number of aliphatic hydroxyl groups excluding tert-OH is 1. The second-order valence-electron chi connectivity index (χ2n) is 3.52. The molecule has 1 aromatic rings. The van der Waals surface area contributed by atoms with Gasteiger partial charge in [0.25, 0.3) is 5.92 Å². The number of fused-ring (bicyclic) bond motifs is 1. The van der Waals surface area contributed by atoms with Crippen LogP contribution in [0.15, 0.2) is 18.2 Å². The van der Waals surface area contributed by atoms with Crippen molar-refractivity contribution in [3.63, 3.8) is 0 Å². The van der Waals surface area contributed by atoms with Crippen molar-refractivity contribution in [2.75, 3.05) is 0 Å². The lowest BCUT2D eigenvalue weighted by Gasteiger charge is -2.14. The highest BCUT2D eigenvalue weighted by Gasteiger charge is 2.47. The Morgan fingerprint density at radius 1 is 1.47 bits per heavy atom. The Morgan fingerprint density at radius 3 is 2.73 bits per heavy atom. The van der Waals surface area contributed by atoms with Gasteiger partial charge in [-0.2, -0.15) is 8.78 Å². The highest BCUT2D eigenvalue weighted by Crippen LogP contribution is 2.41. The Labute approximate surface area is 84.0 Å². The molecule has 0 saturated heterocycles. The molecule has 0 aromatic heterocycles. The van der Waals surface area contributed by atoms with Crippen LogP contribution in [0.25, 0.3) is 0 Å². The highest BCUT2D eigenvalue weighted by molar-refractivity contribution is 5.88. The van der Waals surface area contributed by atoms with Crippen molar-refractivity contribution in [2.24, 2.45) is 0 Å². The van der Waals surface area contributed by atoms with Crippen LogP contribution in [0.2, 0.25) is 0 Å². The smallest absolute Gasteiger partial charge is 0.335 e. The molecule has 0 saturated carbocycles. The maximum Gasteiger partial charge on any atom is 0.335 e. The maximum atomic E-state index is 13.3. The molecule has 2 N–H and O–H groups in total. The van der Waals surface area contributed by atoms with Gasteiger partial charge in [-0.25, -0.2) is 4.79 Å². The van der Waals surface area contributed by atoms with Crippen molar-refractivity contribution < 1.29 is 23.8 Å². The van der Waals surface area contributed by atoms with E-state index in [1.165, 1.54) is 6.07 Å². The Balaban J connectivity index is 2.51. The number of aromatic carboxylic acids is 1. The van der Waals surface area contributed by atoms with E-state index in [4.69, 9.17) is 10.2 Å². The van der Waals surface area contributed by atoms with Crippen LogP contribution in [0, 0.1) is 0 Å². The van der Waals surface area contributed by atoms with E-state index in [2.05, 4.69) is 0 Å². The van der Waals surface area contributed by atoms with Gasteiger partial charge in [-0.15, -0.1) is 0 Å². The largest absolute Gasteiger partial charge is 0.478 e. The molecule has 80 valence electrons. The minimum Gasteiger partial charge on any atom is -0.478 e. The van der Waals surface area contributed by atoms with Gasteiger partial charge in [-0.3, -0.25) is 0 Å². The summed E-state index contributed by atoms with van der Waals surface area (Å²) in [6, 6.07) is 3.36. The second-order valence-corrected chi connectivity index (χ2v) is 3.52. The van der Waals surface area contributed by atoms with Crippen LogP contribution in [0.1, 0.15) is 21.5 Å². The SMILES string of the molecule is O=C(O)c1ccc2c(c1)CC(O)C2(F)F. The van der Waals surface area contributed by atoms with Gasteiger partial charge in [0.05, 0.1) is 5.56 Å². The van der Waals surface area contributed by atoms with Crippen molar-refractivity contribution in [1.82, 2.24) is 0 Å². The summed E-state index contributed by atoms with van der Waals surface area (Å²) in [6.07, 6.45) is -1.96. The molecular weight excluding hydrogens is 206 g/mol. The first-order valence-corrected chi connectivity index (χ1v) is 4.35. The van der Waals surface area contributed by atoms with Crippen LogP contribution in [0.3, 0.4) is 0 Å². The summed E-state index contributed by atoms with van der Waals surface area (Å²) in [7, 11) is 0. The minimum absolute atomic E-state index is 0.0429. The third-order valence-electron chi connectivity index (χ3n) is 2.54. The van der Waals surface area contributed by atoms with Crippen molar-refractivity contribution in [3.05, 3.63) is 34.9 Å². The fourth-order valence-corrected chi connectivity index (χ4v) is 1.74. The van der Waals surface area contributed by atoms with Crippen LogP contribution >= 0.6 is 0 Å². The number of carbonyl (C=O) groups is 1. The van der Waals surface area contributed by atoms with E-state index in [9.17, 15) is 13.6 Å². The first-order valence-electron chi connectivity index (χ1n) is 4.35. The molecule has 0 aliphatic heterocycles. The molecule has 0 fully saturated rings. The molecular formula is C10H8F2O3. The fraction of sp³-hybridized carbons (Fsp3) is 0.300. The number of alkyl halides is 2. The fourth-order valence-electron chi connectivity index (χ4n) is 1.74. The van der Waals surface area contributed by atoms with Crippen molar-refractivity contribution >= 4 is 5.97 Å². The van der Waals surface area contributed by atoms with E-state index >= 15 is 0 Å². The minimum atomic E-state index is -3.27. The summed E-state index contributed by atoms with van der Waals surface area (Å²) in [5.74, 6) is -4.44. The van der Waals surface area contributed by atoms with Crippen molar-refractivity contribution in [2.45, 2.75) is 18.4 Å². The monoisotopic (exact) mass is 214 g/mol. The van der Waals surface area contributed by atoms with Crippen LogP contribution < -0.4 is 0 Å². The van der Waals surface area contributed by atoms with E-state index in [1.54, 1.807) is 0 Å². The zero-order valence-electron chi connectivity index (χ0n) is 7.58. The zero-order chi connectivity index (χ0) is 11.2. The maximum absolute atomic E-state index is 13.3. The summed E-state index contributed by atoms with van der Waals surface area (Å²) in [4.78, 5) is 10.6. The van der Waals surface area contributed by atoms with E-state index < -0.39 is 18.0 Å². The van der Waals surface area contributed by atoms with E-state index in [-0.39, 0.29) is 23.1 Å². The average molecular weight is 214 g/mol. The molecule has 0 radical (unpaired) electrons. The zero-order valence-corrected chi connectivity index (χ0v) is 7.58. The molecule has 2 rings (SSSR count). The normalized spacial score (nSPS) is 22.5. The summed E-state index contributed by atoms with van der Waals surface area (Å²) in [5, 5.41) is 17.8. The van der Waals surface area contributed by atoms with Crippen LogP contribution in [0.4, 0.5) is 8.78 Å². The number of carboxylic acids is 1. The van der Waals surface area contributed by atoms with Gasteiger partial charge in [0.2, 0.25) is 0 Å². The molecule has 5 heteroatoms. The molecule has 0 spiro atoms. The molecule has 15 heavy (non-hydrogen) atoms. The van der Waals surface area contributed by atoms with Gasteiger partial charge >= 0.3 is 5.97 Å². The van der Waals surface area contributed by atoms with Crippen molar-refractivity contribution in [3.8, 4) is 0 Å². The Hall–Kier alpha value is -1.49. The lowest BCUT2D eigenvalue weighted by Crippen LogP contribution is -2.25. The molecule has 1 aliphatic rings. The van der Waals surface area contributed by atoms with Gasteiger partial charge in [-0.1, -0.05) is 6.07 Å². The molecule has 0 amide bonds. The van der Waals surface area contributed by atoms with Crippen LogP contribution in [-0.4, -0.2) is 22.3 Å². The van der Waals surface area contributed by atoms with Gasteiger partial charge in [0, 0.05) is 12.0 Å². The number of rotatable bonds is 1. The predicted octanol–water partition coefficient (Wildman–Crippen LogP) is 1.39. The number of hydrogen-bond donors (Lipinski definition) is 2. The molecule has 1 aliphatic carbocycles. The van der Waals surface area contributed by atoms with E-state index in [0.29, 0.717) is 0 Å². The first-order chi connectivity index (χ1) is 6.93. The first kappa shape index (κ1) is 10.0. The van der Waals surface area contributed by atoms with Gasteiger partial charge in [-0.05, 0) is 17.7 Å². The molecule has 0 heterocycles. The van der Waals surface area contributed by atoms with E-state index in [0.717, 1.165) is 12.1 Å². The van der Waals surface area contributed by atoms with Crippen molar-refractivity contribution in [1.29, 1.82) is 0 Å². The summed E-state index contributed by atoms with van der Waals surface area (Å²) in [6.45, 7) is 0. The molecule has 3 nitrogen and oxygen atoms in total. The molecule has 1 unspecified atom stereocenters. The molecule has 1 atom stereocenters. The van der Waals surface area contributed by atoms with Crippen LogP contribution in [0.5, 0.6) is 0 Å². The Morgan fingerprint density at radius 2 is 2.13 bits per heavy atom. The number of aliphatic hydroxyl groups is 1. The van der Waals surface area contributed by atoms with Gasteiger partial charge in [0.15, 0.2) is 0 Å². The summed E-state index contributed by atoms with van der Waals surface area (Å²) in [5.41, 5.74) is -0.119. The second kappa shape index (κ2) is 3.00. The third kappa shape index (κ3) is 1.39. The molecule has 0 bridgehead atoms. The topological polar surface area (TPSA) is 57.5 Å². The Bertz CT molecular complexity index is 429. The Kier molecular flexibility index (Phi) is 2.01. The summed E-state index contributed by atoms with van der Waals surface area (Å²) >= 11 is 0. The average Bonchev–Trinajstić information content (AvgIpc) is 2.38. The lowest BCUT2D eigenvalue weighted by atomic mass is 10.1. The number of carboxylic acid groups (broad SMARTS) is 1. The lowest BCUT2D eigenvalue weighted by molar-refractivity contribution is -0.101. The van der Waals surface area contributed by atoms with E-state index in [1.807, 2.05) is 0 Å². The standard InChI is InChI=1S/C10H8F2O3/c11-10(12)7-2-1-5(9(14)15)3-6(7)4-8(10)13/h1-3,8,13H,4H2,(H,14,15). The third-order valence-corrected chi connectivity index (χ3v) is 2.54.